The molecule has 0 saturated carbocycles. The van der Waals surface area contributed by atoms with Gasteiger partial charge in [0, 0.05) is 35.6 Å². The lowest BCUT2D eigenvalue weighted by Gasteiger charge is -2.17. The van der Waals surface area contributed by atoms with Crippen molar-refractivity contribution in [1.29, 1.82) is 0 Å². The first-order chi connectivity index (χ1) is 9.88. The Morgan fingerprint density at radius 2 is 1.90 bits per heavy atom. The third kappa shape index (κ3) is 3.55. The average Bonchev–Trinajstić information content (AvgIpc) is 2.43. The molecule has 0 heterocycles. The van der Waals surface area contributed by atoms with Gasteiger partial charge in [-0.2, -0.15) is 0 Å². The number of amides is 1. The van der Waals surface area contributed by atoms with E-state index in [1.54, 1.807) is 12.1 Å². The lowest BCUT2D eigenvalue weighted by Crippen LogP contribution is -2.15. The maximum atomic E-state index is 12.3. The molecule has 21 heavy (non-hydrogen) atoms. The van der Waals surface area contributed by atoms with Crippen LogP contribution in [0.25, 0.3) is 0 Å². The van der Waals surface area contributed by atoms with Crippen molar-refractivity contribution in [2.45, 2.75) is 6.92 Å². The molecule has 0 aliphatic carbocycles. The molecule has 0 aromatic heterocycles. The highest BCUT2D eigenvalue weighted by atomic mass is 79.9. The van der Waals surface area contributed by atoms with E-state index in [1.807, 2.05) is 50.2 Å². The van der Waals surface area contributed by atoms with Crippen molar-refractivity contribution in [3.63, 3.8) is 0 Å². The minimum atomic E-state index is -0.220. The summed E-state index contributed by atoms with van der Waals surface area (Å²) >= 11 is 3.35. The van der Waals surface area contributed by atoms with Crippen LogP contribution in [0.3, 0.4) is 0 Å². The second kappa shape index (κ2) is 6.18. The largest absolute Gasteiger partial charge is 0.398 e. The molecule has 2 rings (SSSR count). The van der Waals surface area contributed by atoms with Gasteiger partial charge < -0.3 is 16.0 Å². The van der Waals surface area contributed by atoms with Gasteiger partial charge in [0.05, 0.1) is 5.56 Å². The molecular formula is C16H18BrN3O. The number of rotatable bonds is 3. The third-order valence-electron chi connectivity index (χ3n) is 3.21. The molecule has 0 spiro atoms. The summed E-state index contributed by atoms with van der Waals surface area (Å²) in [5.41, 5.74) is 9.73. The predicted molar refractivity (Wildman–Crippen MR) is 92.0 cm³/mol. The molecule has 0 fully saturated rings. The Bertz CT molecular complexity index is 683. The number of carbonyl (C=O) groups excluding carboxylic acids is 1. The number of nitrogens with two attached hydrogens (primary N) is 1. The summed E-state index contributed by atoms with van der Waals surface area (Å²) in [5.74, 6) is -0.220. The average molecular weight is 348 g/mol. The Kier molecular flexibility index (Phi) is 4.53. The number of carbonyl (C=O) groups is 1. The van der Waals surface area contributed by atoms with Gasteiger partial charge in [-0.15, -0.1) is 0 Å². The first-order valence-electron chi connectivity index (χ1n) is 6.53. The van der Waals surface area contributed by atoms with Crippen LogP contribution in [0.1, 0.15) is 15.9 Å². The third-order valence-corrected chi connectivity index (χ3v) is 3.70. The maximum absolute atomic E-state index is 12.3. The Morgan fingerprint density at radius 1 is 1.19 bits per heavy atom. The van der Waals surface area contributed by atoms with Crippen molar-refractivity contribution in [2.24, 2.45) is 0 Å². The van der Waals surface area contributed by atoms with Crippen LogP contribution in [0.5, 0.6) is 0 Å². The van der Waals surface area contributed by atoms with Crippen LogP contribution in [0, 0.1) is 6.92 Å². The summed E-state index contributed by atoms with van der Waals surface area (Å²) < 4.78 is 0.819. The van der Waals surface area contributed by atoms with Crippen molar-refractivity contribution in [2.75, 3.05) is 30.0 Å². The van der Waals surface area contributed by atoms with Crippen LogP contribution >= 0.6 is 15.9 Å². The predicted octanol–water partition coefficient (Wildman–Crippen LogP) is 3.66. The summed E-state index contributed by atoms with van der Waals surface area (Å²) in [6.45, 7) is 2.03. The van der Waals surface area contributed by atoms with Crippen molar-refractivity contribution in [3.05, 3.63) is 52.0 Å². The van der Waals surface area contributed by atoms with Gasteiger partial charge in [0.25, 0.3) is 5.91 Å². The Balaban J connectivity index is 2.27. The zero-order chi connectivity index (χ0) is 15.6. The number of hydrogen-bond acceptors (Lipinski definition) is 3. The molecular weight excluding hydrogens is 330 g/mol. The van der Waals surface area contributed by atoms with Gasteiger partial charge in [-0.25, -0.2) is 0 Å². The summed E-state index contributed by atoms with van der Waals surface area (Å²) in [6.07, 6.45) is 0. The van der Waals surface area contributed by atoms with E-state index >= 15 is 0 Å². The van der Waals surface area contributed by atoms with Gasteiger partial charge in [0.15, 0.2) is 0 Å². The van der Waals surface area contributed by atoms with Crippen molar-refractivity contribution < 1.29 is 4.79 Å². The molecule has 5 heteroatoms. The molecule has 0 radical (unpaired) electrons. The van der Waals surface area contributed by atoms with Gasteiger partial charge in [0.1, 0.15) is 0 Å². The molecule has 4 nitrogen and oxygen atoms in total. The minimum Gasteiger partial charge on any atom is -0.398 e. The molecule has 0 atom stereocenters. The highest BCUT2D eigenvalue weighted by molar-refractivity contribution is 9.10. The summed E-state index contributed by atoms with van der Waals surface area (Å²) in [6, 6.07) is 11.0. The van der Waals surface area contributed by atoms with E-state index in [2.05, 4.69) is 21.2 Å². The molecule has 0 aliphatic heterocycles. The second-order valence-electron chi connectivity index (χ2n) is 5.08. The van der Waals surface area contributed by atoms with Gasteiger partial charge in [-0.1, -0.05) is 22.0 Å². The van der Waals surface area contributed by atoms with E-state index in [0.29, 0.717) is 11.3 Å². The van der Waals surface area contributed by atoms with Crippen LogP contribution in [-0.4, -0.2) is 20.0 Å². The quantitative estimate of drug-likeness (QED) is 0.833. The fourth-order valence-corrected chi connectivity index (χ4v) is 2.45. The number of nitrogens with one attached hydrogen (secondary N) is 1. The van der Waals surface area contributed by atoms with E-state index in [1.165, 1.54) is 0 Å². The number of nitrogens with zero attached hydrogens (tertiary/aromatic N) is 1. The molecule has 2 aromatic carbocycles. The van der Waals surface area contributed by atoms with E-state index < -0.39 is 0 Å². The van der Waals surface area contributed by atoms with Crippen molar-refractivity contribution >= 4 is 38.9 Å². The number of anilines is 3. The molecule has 0 saturated heterocycles. The molecule has 0 bridgehead atoms. The monoisotopic (exact) mass is 347 g/mol. The summed E-state index contributed by atoms with van der Waals surface area (Å²) in [5, 5.41) is 2.88. The van der Waals surface area contributed by atoms with Crippen molar-refractivity contribution in [1.82, 2.24) is 0 Å². The topological polar surface area (TPSA) is 58.4 Å². The first-order valence-corrected chi connectivity index (χ1v) is 7.32. The highest BCUT2D eigenvalue weighted by Gasteiger charge is 2.11. The smallest absolute Gasteiger partial charge is 0.257 e. The van der Waals surface area contributed by atoms with Gasteiger partial charge in [-0.3, -0.25) is 4.79 Å². The maximum Gasteiger partial charge on any atom is 0.257 e. The molecule has 0 aliphatic rings. The number of halogens is 1. The lowest BCUT2D eigenvalue weighted by molar-refractivity contribution is 0.102. The Hall–Kier alpha value is -2.01. The highest BCUT2D eigenvalue weighted by Crippen LogP contribution is 2.24. The number of benzene rings is 2. The second-order valence-corrected chi connectivity index (χ2v) is 6.00. The summed E-state index contributed by atoms with van der Waals surface area (Å²) in [7, 11) is 3.94. The van der Waals surface area contributed by atoms with E-state index in [0.717, 1.165) is 21.4 Å². The van der Waals surface area contributed by atoms with Crippen molar-refractivity contribution in [3.8, 4) is 0 Å². The van der Waals surface area contributed by atoms with Gasteiger partial charge in [-0.05, 0) is 42.8 Å². The Morgan fingerprint density at radius 3 is 2.57 bits per heavy atom. The zero-order valence-electron chi connectivity index (χ0n) is 12.3. The van der Waals surface area contributed by atoms with Crippen LogP contribution in [0.4, 0.5) is 17.1 Å². The molecule has 110 valence electrons. The van der Waals surface area contributed by atoms with Crippen LogP contribution in [-0.2, 0) is 0 Å². The molecule has 0 unspecified atom stereocenters. The van der Waals surface area contributed by atoms with E-state index in [-0.39, 0.29) is 5.91 Å². The summed E-state index contributed by atoms with van der Waals surface area (Å²) in [4.78, 5) is 14.3. The van der Waals surface area contributed by atoms with Gasteiger partial charge in [0.2, 0.25) is 0 Å². The van der Waals surface area contributed by atoms with Crippen LogP contribution < -0.4 is 16.0 Å². The zero-order valence-corrected chi connectivity index (χ0v) is 13.9. The normalized spacial score (nSPS) is 10.3. The molecule has 2 aromatic rings. The fraction of sp³-hybridized carbons (Fsp3) is 0.188. The Labute approximate surface area is 133 Å². The first kappa shape index (κ1) is 15.4. The number of aryl methyl sites for hydroxylation is 1. The number of hydrogen-bond donors (Lipinski definition) is 2. The van der Waals surface area contributed by atoms with Crippen LogP contribution in [0.2, 0.25) is 0 Å². The fourth-order valence-electron chi connectivity index (χ4n) is 2.09. The van der Waals surface area contributed by atoms with Gasteiger partial charge >= 0.3 is 0 Å². The molecule has 1 amide bonds. The lowest BCUT2D eigenvalue weighted by atomic mass is 10.1. The minimum absolute atomic E-state index is 0.220. The number of nitrogen functional groups attached to an aromatic ring is 1. The van der Waals surface area contributed by atoms with E-state index in [4.69, 9.17) is 5.73 Å². The van der Waals surface area contributed by atoms with Crippen LogP contribution in [0.15, 0.2) is 40.9 Å². The SMILES string of the molecule is Cc1ccc(NC(=O)c2cc(Br)ccc2N)cc1N(C)C. The molecule has 3 N–H and O–H groups in total. The standard InChI is InChI=1S/C16H18BrN3O/c1-10-4-6-12(9-15(10)20(2)3)19-16(21)13-8-11(17)5-7-14(13)18/h4-9H,18H2,1-3H3,(H,19,21). The van der Waals surface area contributed by atoms with E-state index in [9.17, 15) is 4.79 Å².